The smallest absolute Gasteiger partial charge is 0.150 e. The Balaban J connectivity index is 0.000000362. The highest BCUT2D eigenvalue weighted by molar-refractivity contribution is 7.17. The third-order valence-electron chi connectivity index (χ3n) is 5.58. The molecule has 1 aromatic heterocycles. The summed E-state index contributed by atoms with van der Waals surface area (Å²) < 4.78 is 14.7. The molecule has 6 N–H and O–H groups in total. The van der Waals surface area contributed by atoms with Crippen LogP contribution in [0, 0.1) is 5.82 Å². The minimum Gasteiger partial charge on any atom is -0.333 e. The molecule has 1 aliphatic carbocycles. The van der Waals surface area contributed by atoms with E-state index in [1.165, 1.54) is 62.6 Å². The molecule has 4 nitrogen and oxygen atoms in total. The van der Waals surface area contributed by atoms with Gasteiger partial charge in [-0.25, -0.2) is 4.39 Å². The van der Waals surface area contributed by atoms with Crippen LogP contribution in [0.2, 0.25) is 4.34 Å². The van der Waals surface area contributed by atoms with Gasteiger partial charge < -0.3 is 17.2 Å². The topological polar surface area (TPSA) is 95.1 Å². The van der Waals surface area contributed by atoms with Crippen molar-refractivity contribution in [3.8, 4) is 11.1 Å². The molecule has 0 saturated heterocycles. The van der Waals surface area contributed by atoms with Crippen molar-refractivity contribution in [1.29, 1.82) is 0 Å². The molecule has 1 heterocycles. The highest BCUT2D eigenvalue weighted by Crippen LogP contribution is 2.42. The number of benzene rings is 2. The van der Waals surface area contributed by atoms with Gasteiger partial charge in [-0.15, -0.1) is 11.3 Å². The summed E-state index contributed by atoms with van der Waals surface area (Å²) in [6.07, 6.45) is 7.31. The van der Waals surface area contributed by atoms with E-state index in [4.69, 9.17) is 23.1 Å². The average molecular weight is 490 g/mol. The molecule has 178 valence electrons. The van der Waals surface area contributed by atoms with Gasteiger partial charge in [0, 0.05) is 40.1 Å². The SMILES string of the molecule is CN.NC1CCCCC1.NCC(c1ccccc1)c1cc(-c2c(F)cccc2C=O)c(Cl)s1. The van der Waals surface area contributed by atoms with Gasteiger partial charge in [0.25, 0.3) is 0 Å². The fraction of sp³-hybridized carbons (Fsp3) is 0.346. The Morgan fingerprint density at radius 2 is 1.76 bits per heavy atom. The second kappa shape index (κ2) is 14.2. The number of aldehydes is 1. The maximum absolute atomic E-state index is 14.3. The van der Waals surface area contributed by atoms with Crippen molar-refractivity contribution in [1.82, 2.24) is 0 Å². The van der Waals surface area contributed by atoms with Crippen molar-refractivity contribution in [3.05, 3.63) is 80.8 Å². The van der Waals surface area contributed by atoms with Crippen LogP contribution in [0.25, 0.3) is 11.1 Å². The van der Waals surface area contributed by atoms with Crippen molar-refractivity contribution in [2.75, 3.05) is 13.6 Å². The van der Waals surface area contributed by atoms with Crippen LogP contribution in [0.5, 0.6) is 0 Å². The van der Waals surface area contributed by atoms with E-state index in [-0.39, 0.29) is 17.0 Å². The molecule has 0 radical (unpaired) electrons. The van der Waals surface area contributed by atoms with E-state index in [9.17, 15) is 9.18 Å². The highest BCUT2D eigenvalue weighted by Gasteiger charge is 2.21. The first kappa shape index (κ1) is 27.2. The first-order chi connectivity index (χ1) is 16.0. The lowest BCUT2D eigenvalue weighted by molar-refractivity contribution is 0.112. The van der Waals surface area contributed by atoms with Crippen molar-refractivity contribution < 1.29 is 9.18 Å². The molecule has 3 aromatic rings. The number of halogens is 2. The minimum atomic E-state index is -0.463. The molecule has 1 aliphatic rings. The summed E-state index contributed by atoms with van der Waals surface area (Å²) in [5.74, 6) is -0.483. The number of carbonyl (C=O) groups excluding carboxylic acids is 1. The molecular formula is C26H33ClFN3OS. The largest absolute Gasteiger partial charge is 0.333 e. The molecule has 0 spiro atoms. The van der Waals surface area contributed by atoms with Crippen LogP contribution in [-0.4, -0.2) is 25.9 Å². The normalized spacial score (nSPS) is 14.4. The lowest BCUT2D eigenvalue weighted by Gasteiger charge is -2.15. The maximum atomic E-state index is 14.3. The zero-order valence-electron chi connectivity index (χ0n) is 19.0. The Kier molecular flexibility index (Phi) is 11.7. The molecule has 0 amide bonds. The van der Waals surface area contributed by atoms with E-state index in [0.717, 1.165) is 10.4 Å². The summed E-state index contributed by atoms with van der Waals surface area (Å²) in [5, 5.41) is 0. The first-order valence-corrected chi connectivity index (χ1v) is 12.4. The summed E-state index contributed by atoms with van der Waals surface area (Å²) in [6, 6.07) is 16.7. The fourth-order valence-electron chi connectivity index (χ4n) is 3.89. The predicted octanol–water partition coefficient (Wildman–Crippen LogP) is 5.96. The van der Waals surface area contributed by atoms with Gasteiger partial charge in [-0.05, 0) is 37.6 Å². The van der Waals surface area contributed by atoms with E-state index < -0.39 is 5.82 Å². The van der Waals surface area contributed by atoms with Crippen LogP contribution in [0.4, 0.5) is 4.39 Å². The van der Waals surface area contributed by atoms with Crippen molar-refractivity contribution in [2.24, 2.45) is 17.2 Å². The van der Waals surface area contributed by atoms with Crippen LogP contribution >= 0.6 is 22.9 Å². The van der Waals surface area contributed by atoms with E-state index >= 15 is 0 Å². The zero-order chi connectivity index (χ0) is 24.2. The van der Waals surface area contributed by atoms with Gasteiger partial charge >= 0.3 is 0 Å². The van der Waals surface area contributed by atoms with Crippen molar-refractivity contribution in [3.63, 3.8) is 0 Å². The molecule has 33 heavy (non-hydrogen) atoms. The van der Waals surface area contributed by atoms with Crippen molar-refractivity contribution in [2.45, 2.75) is 44.1 Å². The lowest BCUT2D eigenvalue weighted by Crippen LogP contribution is -2.22. The third-order valence-corrected chi connectivity index (χ3v) is 7.05. The summed E-state index contributed by atoms with van der Waals surface area (Å²) in [4.78, 5) is 12.2. The van der Waals surface area contributed by atoms with Crippen LogP contribution in [0.3, 0.4) is 0 Å². The van der Waals surface area contributed by atoms with Gasteiger partial charge in [-0.1, -0.05) is 73.3 Å². The third kappa shape index (κ3) is 7.45. The van der Waals surface area contributed by atoms with E-state index in [1.807, 2.05) is 36.4 Å². The molecule has 1 saturated carbocycles. The van der Waals surface area contributed by atoms with Crippen LogP contribution < -0.4 is 17.2 Å². The Hall–Kier alpha value is -2.09. The van der Waals surface area contributed by atoms with Gasteiger partial charge in [-0.3, -0.25) is 4.79 Å². The van der Waals surface area contributed by atoms with Crippen LogP contribution in [0.15, 0.2) is 54.6 Å². The summed E-state index contributed by atoms with van der Waals surface area (Å²) in [7, 11) is 1.50. The number of carbonyl (C=O) groups is 1. The van der Waals surface area contributed by atoms with Gasteiger partial charge in [0.15, 0.2) is 6.29 Å². The molecule has 0 aliphatic heterocycles. The summed E-state index contributed by atoms with van der Waals surface area (Å²) in [5.41, 5.74) is 18.2. The second-order valence-corrected chi connectivity index (χ2v) is 9.44. The predicted molar refractivity (Wildman–Crippen MR) is 139 cm³/mol. The molecular weight excluding hydrogens is 457 g/mol. The number of hydrogen-bond donors (Lipinski definition) is 3. The van der Waals surface area contributed by atoms with Gasteiger partial charge in [0.05, 0.1) is 0 Å². The minimum absolute atomic E-state index is 0.0195. The van der Waals surface area contributed by atoms with Crippen LogP contribution in [-0.2, 0) is 0 Å². The van der Waals surface area contributed by atoms with Gasteiger partial charge in [0.2, 0.25) is 0 Å². The van der Waals surface area contributed by atoms with Gasteiger partial charge in [-0.2, -0.15) is 0 Å². The quantitative estimate of drug-likeness (QED) is 0.385. The van der Waals surface area contributed by atoms with E-state index in [0.29, 0.717) is 28.8 Å². The molecule has 1 atom stereocenters. The van der Waals surface area contributed by atoms with Crippen LogP contribution in [0.1, 0.15) is 58.8 Å². The number of rotatable bonds is 5. The zero-order valence-corrected chi connectivity index (χ0v) is 20.5. The molecule has 1 fully saturated rings. The van der Waals surface area contributed by atoms with Gasteiger partial charge in [0.1, 0.15) is 10.2 Å². The number of nitrogens with two attached hydrogens (primary N) is 3. The first-order valence-electron chi connectivity index (χ1n) is 11.2. The Labute approximate surface area is 204 Å². The Morgan fingerprint density at radius 3 is 2.30 bits per heavy atom. The maximum Gasteiger partial charge on any atom is 0.150 e. The fourth-order valence-corrected chi connectivity index (χ4v) is 5.33. The Morgan fingerprint density at radius 1 is 1.09 bits per heavy atom. The highest BCUT2D eigenvalue weighted by atomic mass is 35.5. The lowest BCUT2D eigenvalue weighted by atomic mass is 9.95. The molecule has 4 rings (SSSR count). The monoisotopic (exact) mass is 489 g/mol. The number of hydrogen-bond acceptors (Lipinski definition) is 5. The summed E-state index contributed by atoms with van der Waals surface area (Å²) in [6.45, 7) is 0.415. The molecule has 2 aromatic carbocycles. The molecule has 1 unspecified atom stereocenters. The molecule has 0 bridgehead atoms. The van der Waals surface area contributed by atoms with E-state index in [2.05, 4.69) is 5.73 Å². The molecule has 7 heteroatoms. The second-order valence-electron chi connectivity index (χ2n) is 7.76. The number of thiophene rings is 1. The average Bonchev–Trinajstić information content (AvgIpc) is 3.22. The summed E-state index contributed by atoms with van der Waals surface area (Å²) >= 11 is 7.73. The standard InChI is InChI=1S/C19H15ClFNOS.C6H13N.CH5N/c20-19-14(18-13(11-23)7-4-8-16(18)21)9-17(24-19)15(10-22)12-5-2-1-3-6-12;7-6-4-2-1-3-5-6;1-2/h1-9,11,15H,10,22H2;6H,1-5,7H2;2H2,1H3. The van der Waals surface area contributed by atoms with E-state index in [1.54, 1.807) is 6.07 Å². The van der Waals surface area contributed by atoms with Crippen molar-refractivity contribution >= 4 is 29.2 Å². The Bertz CT molecular complexity index is 990.